The van der Waals surface area contributed by atoms with Crippen LogP contribution in [0.25, 0.3) is 0 Å². The second-order valence-electron chi connectivity index (χ2n) is 9.67. The SMILES string of the molecule is CCOc1cccc2c1OC(C(C)C)C(=O)N(Cc1ccc(N(C)C)cc1)C2C(=O)Nc1ccccc1. The second-order valence-corrected chi connectivity index (χ2v) is 9.67. The van der Waals surface area contributed by atoms with E-state index >= 15 is 0 Å². The van der Waals surface area contributed by atoms with Gasteiger partial charge in [0.15, 0.2) is 17.6 Å². The van der Waals surface area contributed by atoms with Gasteiger partial charge in [-0.15, -0.1) is 0 Å². The van der Waals surface area contributed by atoms with Gasteiger partial charge in [0.25, 0.3) is 11.8 Å². The van der Waals surface area contributed by atoms with Crippen molar-refractivity contribution in [2.24, 2.45) is 5.92 Å². The molecule has 0 saturated carbocycles. The third kappa shape index (κ3) is 5.71. The third-order valence-electron chi connectivity index (χ3n) is 6.39. The molecule has 2 unspecified atom stereocenters. The lowest BCUT2D eigenvalue weighted by atomic mass is 10.0. The monoisotopic (exact) mass is 501 g/mol. The predicted molar refractivity (Wildman–Crippen MR) is 146 cm³/mol. The van der Waals surface area contributed by atoms with Crippen LogP contribution < -0.4 is 19.7 Å². The molecule has 0 aliphatic carbocycles. The van der Waals surface area contributed by atoms with Crippen LogP contribution in [0.3, 0.4) is 0 Å². The largest absolute Gasteiger partial charge is 0.490 e. The summed E-state index contributed by atoms with van der Waals surface area (Å²) in [5, 5.41) is 3.00. The number of carbonyl (C=O) groups is 2. The zero-order chi connectivity index (χ0) is 26.5. The van der Waals surface area contributed by atoms with Gasteiger partial charge < -0.3 is 24.6 Å². The molecule has 37 heavy (non-hydrogen) atoms. The van der Waals surface area contributed by atoms with Crippen LogP contribution in [0.5, 0.6) is 11.5 Å². The number of nitrogens with one attached hydrogen (secondary N) is 1. The first-order chi connectivity index (χ1) is 17.8. The van der Waals surface area contributed by atoms with Gasteiger partial charge in [0.05, 0.1) is 6.61 Å². The van der Waals surface area contributed by atoms with Crippen LogP contribution in [-0.4, -0.2) is 43.5 Å². The molecule has 1 aliphatic rings. The third-order valence-corrected chi connectivity index (χ3v) is 6.39. The maximum Gasteiger partial charge on any atom is 0.265 e. The van der Waals surface area contributed by atoms with Crippen LogP contribution in [0, 0.1) is 5.92 Å². The second kappa shape index (κ2) is 11.4. The van der Waals surface area contributed by atoms with Gasteiger partial charge in [-0.2, -0.15) is 0 Å². The molecule has 2 atom stereocenters. The number of hydrogen-bond acceptors (Lipinski definition) is 5. The molecule has 0 saturated heterocycles. The zero-order valence-electron chi connectivity index (χ0n) is 22.1. The van der Waals surface area contributed by atoms with E-state index in [4.69, 9.17) is 9.47 Å². The Hall–Kier alpha value is -4.00. The lowest BCUT2D eigenvalue weighted by Crippen LogP contribution is -2.46. The van der Waals surface area contributed by atoms with Crippen molar-refractivity contribution in [2.45, 2.75) is 39.5 Å². The van der Waals surface area contributed by atoms with Crippen LogP contribution in [0.4, 0.5) is 11.4 Å². The first-order valence-corrected chi connectivity index (χ1v) is 12.6. The van der Waals surface area contributed by atoms with E-state index in [2.05, 4.69) is 5.32 Å². The summed E-state index contributed by atoms with van der Waals surface area (Å²) < 4.78 is 12.2. The van der Waals surface area contributed by atoms with Crippen molar-refractivity contribution in [3.63, 3.8) is 0 Å². The molecule has 0 spiro atoms. The Bertz CT molecular complexity index is 1230. The summed E-state index contributed by atoms with van der Waals surface area (Å²) in [5.74, 6) is 0.290. The number of carbonyl (C=O) groups excluding carboxylic acids is 2. The smallest absolute Gasteiger partial charge is 0.265 e. The minimum absolute atomic E-state index is 0.121. The number of hydrogen-bond donors (Lipinski definition) is 1. The standard InChI is InChI=1S/C30H35N3O4/c1-6-36-25-14-10-13-24-26(29(34)31-22-11-8-7-9-12-22)33(30(35)27(20(2)3)37-28(24)25)19-21-15-17-23(18-16-21)32(4)5/h7-18,20,26-27H,6,19H2,1-5H3,(H,31,34). The average Bonchev–Trinajstić information content (AvgIpc) is 3.00. The Labute approximate surface area is 219 Å². The molecule has 3 aromatic carbocycles. The van der Waals surface area contributed by atoms with Crippen LogP contribution in [0.15, 0.2) is 72.8 Å². The van der Waals surface area contributed by atoms with E-state index in [1.807, 2.05) is 113 Å². The normalized spacial score (nSPS) is 17.0. The molecule has 0 bridgehead atoms. The summed E-state index contributed by atoms with van der Waals surface area (Å²) in [4.78, 5) is 31.6. The summed E-state index contributed by atoms with van der Waals surface area (Å²) in [6.45, 7) is 6.47. The van der Waals surface area contributed by atoms with E-state index < -0.39 is 12.1 Å². The molecule has 0 radical (unpaired) electrons. The quantitative estimate of drug-likeness (QED) is 0.455. The molecule has 1 heterocycles. The van der Waals surface area contributed by atoms with Gasteiger partial charge in [0.1, 0.15) is 6.04 Å². The fourth-order valence-corrected chi connectivity index (χ4v) is 4.48. The van der Waals surface area contributed by atoms with Gasteiger partial charge in [-0.25, -0.2) is 0 Å². The van der Waals surface area contributed by atoms with Crippen molar-refractivity contribution in [3.8, 4) is 11.5 Å². The average molecular weight is 502 g/mol. The van der Waals surface area contributed by atoms with Crippen molar-refractivity contribution in [3.05, 3.63) is 83.9 Å². The molecule has 4 rings (SSSR count). The van der Waals surface area contributed by atoms with E-state index in [-0.39, 0.29) is 24.3 Å². The number of anilines is 2. The van der Waals surface area contributed by atoms with E-state index in [1.54, 1.807) is 4.90 Å². The summed E-state index contributed by atoms with van der Waals surface area (Å²) >= 11 is 0. The summed E-state index contributed by atoms with van der Waals surface area (Å²) in [7, 11) is 3.96. The minimum Gasteiger partial charge on any atom is -0.490 e. The number of nitrogens with zero attached hydrogens (tertiary/aromatic N) is 2. The van der Waals surface area contributed by atoms with Gasteiger partial charge in [0.2, 0.25) is 0 Å². The number of para-hydroxylation sites is 2. The number of fused-ring (bicyclic) bond motifs is 1. The Morgan fingerprint density at radius 1 is 1.03 bits per heavy atom. The van der Waals surface area contributed by atoms with Crippen molar-refractivity contribution in [1.29, 1.82) is 0 Å². The highest BCUT2D eigenvalue weighted by molar-refractivity contribution is 5.99. The van der Waals surface area contributed by atoms with Gasteiger partial charge >= 0.3 is 0 Å². The van der Waals surface area contributed by atoms with Gasteiger partial charge in [-0.05, 0) is 48.7 Å². The van der Waals surface area contributed by atoms with Crippen molar-refractivity contribution < 1.29 is 19.1 Å². The first-order valence-electron chi connectivity index (χ1n) is 12.6. The highest BCUT2D eigenvalue weighted by atomic mass is 16.5. The summed E-state index contributed by atoms with van der Waals surface area (Å²) in [5.41, 5.74) is 3.23. The predicted octanol–water partition coefficient (Wildman–Crippen LogP) is 5.28. The topological polar surface area (TPSA) is 71.1 Å². The van der Waals surface area contributed by atoms with Crippen molar-refractivity contribution in [1.82, 2.24) is 4.90 Å². The fraction of sp³-hybridized carbons (Fsp3) is 0.333. The molecule has 7 heteroatoms. The summed E-state index contributed by atoms with van der Waals surface area (Å²) in [6.07, 6.45) is -0.768. The van der Waals surface area contributed by atoms with Crippen molar-refractivity contribution in [2.75, 3.05) is 30.9 Å². The van der Waals surface area contributed by atoms with Gasteiger partial charge in [-0.3, -0.25) is 9.59 Å². The Kier molecular flexibility index (Phi) is 8.01. The molecule has 194 valence electrons. The van der Waals surface area contributed by atoms with Crippen LogP contribution >= 0.6 is 0 Å². The van der Waals surface area contributed by atoms with Crippen molar-refractivity contribution >= 4 is 23.2 Å². The number of benzene rings is 3. The number of ether oxygens (including phenoxy) is 2. The Morgan fingerprint density at radius 3 is 2.35 bits per heavy atom. The first kappa shape index (κ1) is 26.1. The minimum atomic E-state index is -0.916. The molecule has 1 aliphatic heterocycles. The molecule has 1 N–H and O–H groups in total. The maximum atomic E-state index is 14.0. The fourth-order valence-electron chi connectivity index (χ4n) is 4.48. The molecule has 7 nitrogen and oxygen atoms in total. The van der Waals surface area contributed by atoms with Gasteiger partial charge in [-0.1, -0.05) is 56.3 Å². The highest BCUT2D eigenvalue weighted by Crippen LogP contribution is 2.42. The van der Waals surface area contributed by atoms with E-state index in [0.717, 1.165) is 11.3 Å². The molecular formula is C30H35N3O4. The van der Waals surface area contributed by atoms with Crippen LogP contribution in [0.1, 0.15) is 37.9 Å². The van der Waals surface area contributed by atoms with E-state index in [0.29, 0.717) is 29.4 Å². The lowest BCUT2D eigenvalue weighted by Gasteiger charge is -2.31. The molecule has 2 amide bonds. The number of rotatable bonds is 8. The Balaban J connectivity index is 1.83. The molecule has 3 aromatic rings. The highest BCUT2D eigenvalue weighted by Gasteiger charge is 2.43. The Morgan fingerprint density at radius 2 is 1.73 bits per heavy atom. The van der Waals surface area contributed by atoms with Gasteiger partial charge in [0, 0.05) is 37.6 Å². The lowest BCUT2D eigenvalue weighted by molar-refractivity contribution is -0.146. The number of amides is 2. The molecule has 0 fully saturated rings. The molecular weight excluding hydrogens is 466 g/mol. The van der Waals surface area contributed by atoms with E-state index in [9.17, 15) is 9.59 Å². The van der Waals surface area contributed by atoms with Crippen LogP contribution in [0.2, 0.25) is 0 Å². The van der Waals surface area contributed by atoms with Crippen LogP contribution in [-0.2, 0) is 16.1 Å². The van der Waals surface area contributed by atoms with E-state index in [1.165, 1.54) is 0 Å². The molecule has 0 aromatic heterocycles. The maximum absolute atomic E-state index is 14.0. The zero-order valence-corrected chi connectivity index (χ0v) is 22.1. The summed E-state index contributed by atoms with van der Waals surface area (Å²) in [6, 6.07) is 21.8.